The van der Waals surface area contributed by atoms with E-state index >= 15 is 0 Å². The Morgan fingerprint density at radius 2 is 1.57 bits per heavy atom. The topological polar surface area (TPSA) is 80.7 Å². The predicted molar refractivity (Wildman–Crippen MR) is 169 cm³/mol. The summed E-state index contributed by atoms with van der Waals surface area (Å²) in [5, 5.41) is 0. The lowest BCUT2D eigenvalue weighted by molar-refractivity contribution is -0.143. The van der Waals surface area contributed by atoms with Gasteiger partial charge >= 0.3 is 5.97 Å². The fourth-order valence-electron chi connectivity index (χ4n) is 6.78. The Balaban J connectivity index is 1.46. The van der Waals surface area contributed by atoms with E-state index in [0.717, 1.165) is 12.8 Å². The van der Waals surface area contributed by atoms with Gasteiger partial charge in [-0.1, -0.05) is 49.6 Å². The zero-order valence-corrected chi connectivity index (χ0v) is 26.4. The summed E-state index contributed by atoms with van der Waals surface area (Å²) >= 11 is 2.35. The second kappa shape index (κ2) is 13.0. The van der Waals surface area contributed by atoms with Gasteiger partial charge in [-0.05, 0) is 134 Å². The van der Waals surface area contributed by atoms with Crippen molar-refractivity contribution < 1.29 is 22.5 Å². The highest BCUT2D eigenvalue weighted by molar-refractivity contribution is 14.1. The van der Waals surface area contributed by atoms with Crippen LogP contribution in [-0.2, 0) is 25.1 Å². The van der Waals surface area contributed by atoms with Crippen molar-refractivity contribution >= 4 is 49.6 Å². The number of carbonyl (C=O) groups is 1. The van der Waals surface area contributed by atoms with Crippen molar-refractivity contribution in [3.8, 4) is 0 Å². The zero-order chi connectivity index (χ0) is 28.2. The van der Waals surface area contributed by atoms with Gasteiger partial charge in [0.25, 0.3) is 10.1 Å². The highest BCUT2D eigenvalue weighted by Crippen LogP contribution is 2.55. The first kappa shape index (κ1) is 29.6. The Morgan fingerprint density at radius 3 is 2.25 bits per heavy atom. The molecule has 2 saturated carbocycles. The van der Waals surface area contributed by atoms with Crippen LogP contribution in [-0.4, -0.2) is 31.3 Å². The molecule has 0 spiro atoms. The largest absolute Gasteiger partial charge is 0.466 e. The number of thiol groups is 1. The van der Waals surface area contributed by atoms with E-state index in [1.807, 2.05) is 0 Å². The van der Waals surface area contributed by atoms with E-state index in [1.165, 1.54) is 49.5 Å². The Kier molecular flexibility index (Phi) is 9.60. The highest BCUT2D eigenvalue weighted by Gasteiger charge is 2.43. The number of esters is 1. The molecule has 5 rings (SSSR count). The second-order valence-corrected chi connectivity index (χ2v) is 16.3. The van der Waals surface area contributed by atoms with Crippen molar-refractivity contribution in [1.29, 1.82) is 0 Å². The highest BCUT2D eigenvalue weighted by atomic mass is 127. The maximum atomic E-state index is 12.3. The summed E-state index contributed by atoms with van der Waals surface area (Å²) in [5.74, 6) is 0.172. The molecule has 2 bridgehead atoms. The number of hydrogen-bond donors (Lipinski definition) is 2. The quantitative estimate of drug-likeness (QED) is 0.0981. The van der Waals surface area contributed by atoms with E-state index in [0.29, 0.717) is 18.3 Å². The minimum Gasteiger partial charge on any atom is -0.466 e. The Labute approximate surface area is 254 Å². The Morgan fingerprint density at radius 1 is 0.925 bits per heavy atom. The van der Waals surface area contributed by atoms with Crippen LogP contribution < -0.4 is 0 Å². The number of benzene rings is 3. The molecular formula is C32H37IO5S2. The molecule has 2 aliphatic rings. The Hall–Kier alpha value is -1.88. The summed E-state index contributed by atoms with van der Waals surface area (Å²) in [7, 11) is -4.93. The summed E-state index contributed by atoms with van der Waals surface area (Å²) < 4.78 is 37.9. The van der Waals surface area contributed by atoms with Crippen molar-refractivity contribution in [2.45, 2.75) is 71.5 Å². The van der Waals surface area contributed by atoms with E-state index in [9.17, 15) is 13.2 Å². The molecule has 0 aliphatic heterocycles. The number of carbonyl (C=O) groups excluding carboxylic acids is 1. The number of halogens is 1. The molecule has 2 aliphatic carbocycles. The average molecular weight is 693 g/mol. The molecule has 0 radical (unpaired) electrons. The maximum Gasteiger partial charge on any atom is 0.306 e. The first-order chi connectivity index (χ1) is 19.2. The summed E-state index contributed by atoms with van der Waals surface area (Å²) in [6.45, 7) is 0.249. The fourth-order valence-corrected chi connectivity index (χ4v) is 9.88. The minimum atomic E-state index is -4.19. The van der Waals surface area contributed by atoms with E-state index < -0.39 is 32.7 Å². The van der Waals surface area contributed by atoms with Gasteiger partial charge in [-0.3, -0.25) is 9.35 Å². The van der Waals surface area contributed by atoms with Gasteiger partial charge in [-0.2, -0.15) is 19.3 Å². The molecule has 214 valence electrons. The third-order valence-electron chi connectivity index (χ3n) is 8.47. The van der Waals surface area contributed by atoms with Crippen LogP contribution in [0, 0.1) is 15.4 Å². The first-order valence-corrected chi connectivity index (χ1v) is 18.1. The molecule has 0 heterocycles. The van der Waals surface area contributed by atoms with Crippen LogP contribution in [0.3, 0.4) is 0 Å². The zero-order valence-electron chi connectivity index (χ0n) is 22.5. The fraction of sp³-hybridized carbons (Fsp3) is 0.406. The van der Waals surface area contributed by atoms with Crippen molar-refractivity contribution in [1.82, 2.24) is 0 Å². The molecule has 5 nitrogen and oxygen atoms in total. The minimum absolute atomic E-state index is 0.0862. The van der Waals surface area contributed by atoms with Gasteiger partial charge in [-0.15, -0.1) is 0 Å². The molecule has 3 atom stereocenters. The van der Waals surface area contributed by atoms with Crippen molar-refractivity contribution in [3.63, 3.8) is 0 Å². The van der Waals surface area contributed by atoms with Crippen molar-refractivity contribution in [2.75, 3.05) is 12.4 Å². The molecule has 0 amide bonds. The second-order valence-electron chi connectivity index (χ2n) is 11.3. The standard InChI is InChI=1S/C32H37IO5S2/c33-27-12-14-29(15-13-27)39(28-9-2-1-3-10-28)30-11-5-8-26(21-30)32(22-24-6-4-7-25(20-24)23-32)17-18-38-31(34)16-19-40(35,36)37/h1-3,5,8-15,21,24-25,39H,4,6-7,16-20,22-23H2,(H,35,36,37). The molecule has 3 unspecified atom stereocenters. The smallest absolute Gasteiger partial charge is 0.306 e. The summed E-state index contributed by atoms with van der Waals surface area (Å²) in [4.78, 5) is 16.2. The number of ether oxygens (including phenoxy) is 1. The lowest BCUT2D eigenvalue weighted by Gasteiger charge is -2.48. The lowest BCUT2D eigenvalue weighted by atomic mass is 9.57. The third-order valence-corrected chi connectivity index (χ3v) is 12.3. The third kappa shape index (κ3) is 7.49. The van der Waals surface area contributed by atoms with Crippen LogP contribution in [0.4, 0.5) is 0 Å². The van der Waals surface area contributed by atoms with Gasteiger partial charge in [0.1, 0.15) is 0 Å². The monoisotopic (exact) mass is 692 g/mol. The molecule has 1 N–H and O–H groups in total. The van der Waals surface area contributed by atoms with Crippen LogP contribution in [0.25, 0.3) is 0 Å². The van der Waals surface area contributed by atoms with Gasteiger partial charge in [0.05, 0.1) is 18.8 Å². The van der Waals surface area contributed by atoms with Crippen LogP contribution in [0.15, 0.2) is 93.5 Å². The summed E-state index contributed by atoms with van der Waals surface area (Å²) in [6, 6.07) is 28.7. The van der Waals surface area contributed by atoms with Crippen molar-refractivity contribution in [3.05, 3.63) is 88.0 Å². The van der Waals surface area contributed by atoms with Gasteiger partial charge in [0, 0.05) is 3.57 Å². The SMILES string of the molecule is O=C(CCS(=O)(=O)O)OCCC1(c2cccc([SH](c3ccccc3)c3ccc(I)cc3)c2)CC2CCCC(C2)C1. The molecular weight excluding hydrogens is 655 g/mol. The first-order valence-electron chi connectivity index (χ1n) is 14.0. The molecule has 2 fully saturated rings. The summed E-state index contributed by atoms with van der Waals surface area (Å²) in [5.41, 5.74) is 1.24. The van der Waals surface area contributed by atoms with Crippen LogP contribution >= 0.6 is 33.5 Å². The van der Waals surface area contributed by atoms with Gasteiger partial charge in [0.2, 0.25) is 0 Å². The van der Waals surface area contributed by atoms with Gasteiger partial charge in [0.15, 0.2) is 0 Å². The predicted octanol–water partition coefficient (Wildman–Crippen LogP) is 7.82. The maximum absolute atomic E-state index is 12.3. The van der Waals surface area contributed by atoms with Crippen LogP contribution in [0.1, 0.15) is 56.9 Å². The van der Waals surface area contributed by atoms with Gasteiger partial charge in [-0.25, -0.2) is 0 Å². The average Bonchev–Trinajstić information content (AvgIpc) is 2.93. The van der Waals surface area contributed by atoms with Gasteiger partial charge < -0.3 is 4.74 Å². The molecule has 0 aromatic heterocycles. The molecule has 3 aromatic carbocycles. The lowest BCUT2D eigenvalue weighted by Crippen LogP contribution is -2.40. The van der Waals surface area contributed by atoms with Crippen LogP contribution in [0.2, 0.25) is 0 Å². The van der Waals surface area contributed by atoms with Crippen LogP contribution in [0.5, 0.6) is 0 Å². The van der Waals surface area contributed by atoms with E-state index in [-0.39, 0.29) is 18.4 Å². The molecule has 0 saturated heterocycles. The van der Waals surface area contributed by atoms with E-state index in [2.05, 4.69) is 101 Å². The molecule has 3 aromatic rings. The van der Waals surface area contributed by atoms with E-state index in [4.69, 9.17) is 9.29 Å². The summed E-state index contributed by atoms with van der Waals surface area (Å²) in [6.07, 6.45) is 7.65. The van der Waals surface area contributed by atoms with Crippen molar-refractivity contribution in [2.24, 2.45) is 11.8 Å². The molecule has 8 heteroatoms. The normalized spacial score (nSPS) is 23.8. The van der Waals surface area contributed by atoms with E-state index in [1.54, 1.807) is 0 Å². The number of hydrogen-bond acceptors (Lipinski definition) is 4. The number of rotatable bonds is 10. The number of fused-ring (bicyclic) bond motifs is 2. The molecule has 40 heavy (non-hydrogen) atoms. The Bertz CT molecular complexity index is 1400.